The lowest BCUT2D eigenvalue weighted by Gasteiger charge is -1.93. The average Bonchev–Trinajstić information content (AvgIpc) is 2.53. The summed E-state index contributed by atoms with van der Waals surface area (Å²) in [6.45, 7) is 0. The Morgan fingerprint density at radius 2 is 1.92 bits per heavy atom. The monoisotopic (exact) mass is 175 g/mol. The summed E-state index contributed by atoms with van der Waals surface area (Å²) < 4.78 is 5.04. The van der Waals surface area contributed by atoms with Crippen LogP contribution in [0.1, 0.15) is 11.5 Å². The van der Waals surface area contributed by atoms with Crippen LogP contribution >= 0.6 is 0 Å². The molecule has 0 amide bonds. The highest BCUT2D eigenvalue weighted by molar-refractivity contribution is 5.18. The van der Waals surface area contributed by atoms with Gasteiger partial charge in [-0.05, 0) is 5.56 Å². The summed E-state index contributed by atoms with van der Waals surface area (Å²) in [6, 6.07) is 10.0. The molecule has 0 atom stereocenters. The third kappa shape index (κ3) is 1.84. The topological polar surface area (TPSA) is 64.9 Å². The molecule has 2 rings (SSSR count). The fourth-order valence-corrected chi connectivity index (χ4v) is 1.11. The number of nitrogens with zero attached hydrogens (tertiary/aromatic N) is 2. The number of rotatable bonds is 2. The Bertz CT molecular complexity index is 383. The fraction of sp³-hybridized carbons (Fsp3) is 0.111. The lowest BCUT2D eigenvalue weighted by Crippen LogP contribution is -1.87. The highest BCUT2D eigenvalue weighted by Crippen LogP contribution is 2.08. The number of aromatic nitrogens is 2. The molecule has 0 spiro atoms. The molecule has 2 N–H and O–H groups in total. The van der Waals surface area contributed by atoms with Crippen LogP contribution in [-0.2, 0) is 6.42 Å². The van der Waals surface area contributed by atoms with Crippen molar-refractivity contribution >= 4 is 6.01 Å². The van der Waals surface area contributed by atoms with Gasteiger partial charge in [0.2, 0.25) is 5.89 Å². The van der Waals surface area contributed by atoms with Gasteiger partial charge in [-0.2, -0.15) is 0 Å². The van der Waals surface area contributed by atoms with Crippen molar-refractivity contribution in [2.24, 2.45) is 0 Å². The maximum Gasteiger partial charge on any atom is 0.312 e. The lowest BCUT2D eigenvalue weighted by molar-refractivity contribution is 0.522. The van der Waals surface area contributed by atoms with Crippen molar-refractivity contribution in [1.29, 1.82) is 0 Å². The molecule has 1 aromatic heterocycles. The van der Waals surface area contributed by atoms with Crippen LogP contribution in [0.25, 0.3) is 0 Å². The molecule has 1 heterocycles. The molecule has 13 heavy (non-hydrogen) atoms. The molecule has 4 heteroatoms. The smallest absolute Gasteiger partial charge is 0.312 e. The predicted molar refractivity (Wildman–Crippen MR) is 48.0 cm³/mol. The van der Waals surface area contributed by atoms with Crippen LogP contribution in [0.4, 0.5) is 6.01 Å². The summed E-state index contributed by atoms with van der Waals surface area (Å²) in [5.41, 5.74) is 6.42. The molecule has 4 nitrogen and oxygen atoms in total. The normalized spacial score (nSPS) is 10.2. The second-order valence-corrected chi connectivity index (χ2v) is 2.70. The van der Waals surface area contributed by atoms with Crippen molar-refractivity contribution in [2.75, 3.05) is 5.73 Å². The largest absolute Gasteiger partial charge is 0.408 e. The van der Waals surface area contributed by atoms with Gasteiger partial charge in [-0.3, -0.25) is 0 Å². The number of anilines is 1. The number of hydrogen-bond donors (Lipinski definition) is 1. The zero-order valence-corrected chi connectivity index (χ0v) is 6.97. The third-order valence-electron chi connectivity index (χ3n) is 1.68. The van der Waals surface area contributed by atoms with Gasteiger partial charge in [0.25, 0.3) is 0 Å². The molecule has 0 unspecified atom stereocenters. The molecule has 66 valence electrons. The molecular weight excluding hydrogens is 166 g/mol. The van der Waals surface area contributed by atoms with Crippen LogP contribution < -0.4 is 5.73 Å². The lowest BCUT2D eigenvalue weighted by atomic mass is 10.2. The van der Waals surface area contributed by atoms with Gasteiger partial charge < -0.3 is 10.2 Å². The Balaban J connectivity index is 2.15. The van der Waals surface area contributed by atoms with Crippen LogP contribution in [-0.4, -0.2) is 10.2 Å². The Hall–Kier alpha value is -1.84. The van der Waals surface area contributed by atoms with Crippen molar-refractivity contribution in [2.45, 2.75) is 6.42 Å². The number of nitrogen functional groups attached to an aromatic ring is 1. The molecule has 0 fully saturated rings. The molecule has 0 aliphatic heterocycles. The van der Waals surface area contributed by atoms with E-state index in [9.17, 15) is 0 Å². The summed E-state index contributed by atoms with van der Waals surface area (Å²) in [6.07, 6.45) is 0.630. The maximum atomic E-state index is 5.29. The van der Waals surface area contributed by atoms with E-state index in [0.717, 1.165) is 5.56 Å². The molecule has 0 aliphatic carbocycles. The fourth-order valence-electron chi connectivity index (χ4n) is 1.11. The first-order valence-electron chi connectivity index (χ1n) is 3.96. The molecule has 0 bridgehead atoms. The average molecular weight is 175 g/mol. The molecule has 0 saturated carbocycles. The van der Waals surface area contributed by atoms with Crippen LogP contribution in [0.15, 0.2) is 34.7 Å². The van der Waals surface area contributed by atoms with Gasteiger partial charge in [0.1, 0.15) is 0 Å². The minimum absolute atomic E-state index is 0.117. The molecule has 0 radical (unpaired) electrons. The van der Waals surface area contributed by atoms with E-state index >= 15 is 0 Å². The van der Waals surface area contributed by atoms with E-state index in [2.05, 4.69) is 10.2 Å². The van der Waals surface area contributed by atoms with Gasteiger partial charge in [-0.25, -0.2) is 0 Å². The van der Waals surface area contributed by atoms with Crippen molar-refractivity contribution in [3.8, 4) is 0 Å². The minimum Gasteiger partial charge on any atom is -0.408 e. The first-order valence-corrected chi connectivity index (χ1v) is 3.96. The van der Waals surface area contributed by atoms with E-state index in [1.54, 1.807) is 0 Å². The first-order chi connectivity index (χ1) is 6.34. The van der Waals surface area contributed by atoms with Crippen LogP contribution in [0.3, 0.4) is 0 Å². The summed E-state index contributed by atoms with van der Waals surface area (Å²) in [5.74, 6) is 0.545. The highest BCUT2D eigenvalue weighted by Gasteiger charge is 2.02. The van der Waals surface area contributed by atoms with E-state index in [1.165, 1.54) is 0 Å². The van der Waals surface area contributed by atoms with Crippen LogP contribution in [0, 0.1) is 0 Å². The van der Waals surface area contributed by atoms with Crippen molar-refractivity contribution in [3.63, 3.8) is 0 Å². The molecule has 0 aliphatic rings. The first kappa shape index (κ1) is 7.79. The molecule has 2 aromatic rings. The van der Waals surface area contributed by atoms with Crippen molar-refractivity contribution in [3.05, 3.63) is 41.8 Å². The zero-order valence-electron chi connectivity index (χ0n) is 6.97. The van der Waals surface area contributed by atoms with Gasteiger partial charge in [0, 0.05) is 0 Å². The maximum absolute atomic E-state index is 5.29. The van der Waals surface area contributed by atoms with E-state index < -0.39 is 0 Å². The summed E-state index contributed by atoms with van der Waals surface area (Å²) in [5, 5.41) is 7.34. The van der Waals surface area contributed by atoms with Crippen molar-refractivity contribution < 1.29 is 4.42 Å². The van der Waals surface area contributed by atoms with Gasteiger partial charge >= 0.3 is 6.01 Å². The van der Waals surface area contributed by atoms with Crippen molar-refractivity contribution in [1.82, 2.24) is 10.2 Å². The van der Waals surface area contributed by atoms with Gasteiger partial charge in [0.15, 0.2) is 0 Å². The number of hydrogen-bond acceptors (Lipinski definition) is 4. The third-order valence-corrected chi connectivity index (χ3v) is 1.68. The molecule has 0 saturated heterocycles. The zero-order chi connectivity index (χ0) is 9.10. The molecule has 1 aromatic carbocycles. The van der Waals surface area contributed by atoms with Gasteiger partial charge in [0.05, 0.1) is 6.42 Å². The number of nitrogens with two attached hydrogens (primary N) is 1. The van der Waals surface area contributed by atoms with Crippen LogP contribution in [0.5, 0.6) is 0 Å². The minimum atomic E-state index is 0.117. The Morgan fingerprint density at radius 3 is 2.54 bits per heavy atom. The molecular formula is C9H9N3O. The van der Waals surface area contributed by atoms with E-state index in [0.29, 0.717) is 12.3 Å². The van der Waals surface area contributed by atoms with E-state index in [1.807, 2.05) is 30.3 Å². The quantitative estimate of drug-likeness (QED) is 0.745. The second kappa shape index (κ2) is 3.26. The second-order valence-electron chi connectivity index (χ2n) is 2.70. The number of benzene rings is 1. The summed E-state index contributed by atoms with van der Waals surface area (Å²) in [4.78, 5) is 0. The van der Waals surface area contributed by atoms with Gasteiger partial charge in [-0.1, -0.05) is 35.4 Å². The predicted octanol–water partition coefficient (Wildman–Crippen LogP) is 1.24. The van der Waals surface area contributed by atoms with Gasteiger partial charge in [-0.15, -0.1) is 5.10 Å². The van der Waals surface area contributed by atoms with Crippen LogP contribution in [0.2, 0.25) is 0 Å². The Morgan fingerprint density at radius 1 is 1.15 bits per heavy atom. The summed E-state index contributed by atoms with van der Waals surface area (Å²) in [7, 11) is 0. The van der Waals surface area contributed by atoms with E-state index in [-0.39, 0.29) is 6.01 Å². The van der Waals surface area contributed by atoms with E-state index in [4.69, 9.17) is 10.2 Å². The SMILES string of the molecule is Nc1nnc(Cc2ccccc2)o1. The standard InChI is InChI=1S/C9H9N3O/c10-9-12-11-8(13-9)6-7-4-2-1-3-5-7/h1-5H,6H2,(H2,10,12). The highest BCUT2D eigenvalue weighted by atomic mass is 16.4. The Labute approximate surface area is 75.4 Å². The Kier molecular flexibility index (Phi) is 1.96. The summed E-state index contributed by atoms with van der Waals surface area (Å²) >= 11 is 0.